The van der Waals surface area contributed by atoms with E-state index in [1.165, 1.54) is 41.1 Å². The lowest BCUT2D eigenvalue weighted by Gasteiger charge is -2.09. The maximum atomic E-state index is 6.42. The summed E-state index contributed by atoms with van der Waals surface area (Å²) < 4.78 is 0. The lowest BCUT2D eigenvalue weighted by molar-refractivity contribution is 0.967. The zero-order valence-electron chi connectivity index (χ0n) is 16.2. The standard InChI is InChI=1S/C24H19N5S/c25-23-22-18(21-13-20(28-29-21)15-8-9-15)6-3-7-19(22)26-24(27-23)30-17-11-10-14-4-1-2-5-16(14)12-17/h1-7,10-13,15H,8-9H2,(H,28,29)(H2,25,26,27). The van der Waals surface area contributed by atoms with Crippen LogP contribution in [0, 0.1) is 0 Å². The Labute approximate surface area is 177 Å². The summed E-state index contributed by atoms with van der Waals surface area (Å²) >= 11 is 1.53. The van der Waals surface area contributed by atoms with Crippen LogP contribution in [0.4, 0.5) is 5.82 Å². The number of benzene rings is 3. The molecule has 5 aromatic rings. The number of fused-ring (bicyclic) bond motifs is 2. The van der Waals surface area contributed by atoms with Gasteiger partial charge in [0.05, 0.1) is 16.6 Å². The van der Waals surface area contributed by atoms with E-state index in [-0.39, 0.29) is 0 Å². The highest BCUT2D eigenvalue weighted by Crippen LogP contribution is 2.41. The molecule has 0 saturated heterocycles. The van der Waals surface area contributed by atoms with Crippen molar-refractivity contribution >= 4 is 39.3 Å². The zero-order chi connectivity index (χ0) is 20.1. The van der Waals surface area contributed by atoms with Crippen LogP contribution in [0.3, 0.4) is 0 Å². The van der Waals surface area contributed by atoms with E-state index in [1.54, 1.807) is 0 Å². The molecule has 5 nitrogen and oxygen atoms in total. The molecule has 2 heterocycles. The van der Waals surface area contributed by atoms with Crippen molar-refractivity contribution in [3.8, 4) is 11.3 Å². The lowest BCUT2D eigenvalue weighted by atomic mass is 10.1. The molecule has 1 aliphatic carbocycles. The number of anilines is 1. The van der Waals surface area contributed by atoms with Gasteiger partial charge in [-0.15, -0.1) is 0 Å². The predicted molar refractivity (Wildman–Crippen MR) is 122 cm³/mol. The summed E-state index contributed by atoms with van der Waals surface area (Å²) in [6, 6.07) is 22.8. The molecule has 3 N–H and O–H groups in total. The lowest BCUT2D eigenvalue weighted by Crippen LogP contribution is -1.98. The van der Waals surface area contributed by atoms with Crippen LogP contribution in [0.15, 0.2) is 76.8 Å². The van der Waals surface area contributed by atoms with E-state index in [9.17, 15) is 0 Å². The zero-order valence-corrected chi connectivity index (χ0v) is 17.0. The Morgan fingerprint density at radius 1 is 0.900 bits per heavy atom. The first-order valence-corrected chi connectivity index (χ1v) is 10.8. The van der Waals surface area contributed by atoms with Crippen LogP contribution in [0.25, 0.3) is 32.9 Å². The molecule has 1 saturated carbocycles. The molecule has 2 aromatic heterocycles. The van der Waals surface area contributed by atoms with Crippen LogP contribution in [0.2, 0.25) is 0 Å². The summed E-state index contributed by atoms with van der Waals surface area (Å²) in [5.41, 5.74) is 10.3. The molecule has 1 aliphatic rings. The van der Waals surface area contributed by atoms with Gasteiger partial charge in [-0.05, 0) is 59.6 Å². The van der Waals surface area contributed by atoms with Crippen molar-refractivity contribution in [3.05, 3.63) is 72.4 Å². The molecule has 0 amide bonds. The molecule has 0 spiro atoms. The number of hydrogen-bond acceptors (Lipinski definition) is 5. The van der Waals surface area contributed by atoms with Gasteiger partial charge in [-0.25, -0.2) is 9.97 Å². The summed E-state index contributed by atoms with van der Waals surface area (Å²) in [4.78, 5) is 10.5. The minimum Gasteiger partial charge on any atom is -0.383 e. The molecular weight excluding hydrogens is 390 g/mol. The molecule has 6 heteroatoms. The summed E-state index contributed by atoms with van der Waals surface area (Å²) in [5, 5.41) is 11.6. The van der Waals surface area contributed by atoms with Crippen molar-refractivity contribution in [2.45, 2.75) is 28.8 Å². The number of nitrogens with zero attached hydrogens (tertiary/aromatic N) is 3. The van der Waals surface area contributed by atoms with Crippen LogP contribution >= 0.6 is 11.8 Å². The van der Waals surface area contributed by atoms with Gasteiger partial charge in [-0.3, -0.25) is 5.10 Å². The smallest absolute Gasteiger partial charge is 0.194 e. The second-order valence-electron chi connectivity index (χ2n) is 7.68. The third-order valence-corrected chi connectivity index (χ3v) is 6.41. The minimum atomic E-state index is 0.481. The molecule has 0 atom stereocenters. The van der Waals surface area contributed by atoms with Gasteiger partial charge in [-0.2, -0.15) is 5.10 Å². The van der Waals surface area contributed by atoms with E-state index in [2.05, 4.69) is 51.6 Å². The van der Waals surface area contributed by atoms with E-state index >= 15 is 0 Å². The minimum absolute atomic E-state index is 0.481. The highest BCUT2D eigenvalue weighted by Gasteiger charge is 2.26. The summed E-state index contributed by atoms with van der Waals surface area (Å²) in [7, 11) is 0. The molecule has 0 unspecified atom stereocenters. The average molecular weight is 410 g/mol. The monoisotopic (exact) mass is 409 g/mol. The Bertz CT molecular complexity index is 1400. The van der Waals surface area contributed by atoms with Gasteiger partial charge in [0.1, 0.15) is 5.82 Å². The van der Waals surface area contributed by atoms with E-state index in [0.717, 1.165) is 27.1 Å². The highest BCUT2D eigenvalue weighted by molar-refractivity contribution is 7.99. The second kappa shape index (κ2) is 6.85. The molecule has 0 radical (unpaired) electrons. The van der Waals surface area contributed by atoms with Gasteiger partial charge in [0, 0.05) is 22.1 Å². The number of aromatic amines is 1. The fraction of sp³-hybridized carbons (Fsp3) is 0.125. The van der Waals surface area contributed by atoms with Crippen LogP contribution in [-0.2, 0) is 0 Å². The molecule has 1 fully saturated rings. The highest BCUT2D eigenvalue weighted by atomic mass is 32.2. The number of hydrogen-bond donors (Lipinski definition) is 2. The Morgan fingerprint density at radius 3 is 2.63 bits per heavy atom. The fourth-order valence-corrected chi connectivity index (χ4v) is 4.68. The number of nitrogens with two attached hydrogens (primary N) is 1. The maximum absolute atomic E-state index is 6.42. The van der Waals surface area contributed by atoms with E-state index < -0.39 is 0 Å². The molecule has 0 bridgehead atoms. The number of aromatic nitrogens is 4. The molecule has 30 heavy (non-hydrogen) atoms. The largest absolute Gasteiger partial charge is 0.383 e. The maximum Gasteiger partial charge on any atom is 0.194 e. The predicted octanol–water partition coefficient (Wildman–Crippen LogP) is 5.78. The van der Waals surface area contributed by atoms with Crippen LogP contribution < -0.4 is 5.73 Å². The Hall–Kier alpha value is -3.38. The van der Waals surface area contributed by atoms with Gasteiger partial charge >= 0.3 is 0 Å². The summed E-state index contributed by atoms with van der Waals surface area (Å²) in [6.07, 6.45) is 2.47. The van der Waals surface area contributed by atoms with E-state index in [1.807, 2.05) is 30.3 Å². The number of nitrogen functional groups attached to an aromatic ring is 1. The van der Waals surface area contributed by atoms with Crippen molar-refractivity contribution in [2.75, 3.05) is 5.73 Å². The Morgan fingerprint density at radius 2 is 1.77 bits per heavy atom. The van der Waals surface area contributed by atoms with Gasteiger partial charge in [0.25, 0.3) is 0 Å². The first-order chi connectivity index (χ1) is 14.7. The van der Waals surface area contributed by atoms with Gasteiger partial charge in [-0.1, -0.05) is 42.5 Å². The van der Waals surface area contributed by atoms with Crippen molar-refractivity contribution < 1.29 is 0 Å². The van der Waals surface area contributed by atoms with Gasteiger partial charge in [0.2, 0.25) is 0 Å². The normalized spacial score (nSPS) is 13.9. The van der Waals surface area contributed by atoms with Crippen LogP contribution in [0.1, 0.15) is 24.5 Å². The SMILES string of the molecule is Nc1nc(Sc2ccc3ccccc3c2)nc2cccc(-c3cc(C4CC4)[nH]n3)c12. The molecular formula is C24H19N5S. The molecule has 0 aliphatic heterocycles. The van der Waals surface area contributed by atoms with Crippen molar-refractivity contribution in [3.63, 3.8) is 0 Å². The summed E-state index contributed by atoms with van der Waals surface area (Å²) in [5.74, 6) is 1.11. The number of nitrogens with one attached hydrogen (secondary N) is 1. The second-order valence-corrected chi connectivity index (χ2v) is 8.73. The molecule has 3 aromatic carbocycles. The van der Waals surface area contributed by atoms with Gasteiger partial charge < -0.3 is 5.73 Å². The van der Waals surface area contributed by atoms with Crippen molar-refractivity contribution in [1.82, 2.24) is 20.2 Å². The van der Waals surface area contributed by atoms with E-state index in [0.29, 0.717) is 16.9 Å². The van der Waals surface area contributed by atoms with Crippen molar-refractivity contribution in [2.24, 2.45) is 0 Å². The van der Waals surface area contributed by atoms with Crippen LogP contribution in [-0.4, -0.2) is 20.2 Å². The molecule has 6 rings (SSSR count). The summed E-state index contributed by atoms with van der Waals surface area (Å²) in [6.45, 7) is 0. The van der Waals surface area contributed by atoms with Crippen LogP contribution in [0.5, 0.6) is 0 Å². The first-order valence-electron chi connectivity index (χ1n) is 10.0. The average Bonchev–Trinajstić information content (AvgIpc) is 3.50. The van der Waals surface area contributed by atoms with Gasteiger partial charge in [0.15, 0.2) is 5.16 Å². The fourth-order valence-electron chi connectivity index (χ4n) is 3.86. The Balaban J connectivity index is 1.39. The third kappa shape index (κ3) is 3.09. The topological polar surface area (TPSA) is 80.5 Å². The quantitative estimate of drug-likeness (QED) is 0.368. The first kappa shape index (κ1) is 17.5. The van der Waals surface area contributed by atoms with E-state index in [4.69, 9.17) is 10.7 Å². The van der Waals surface area contributed by atoms with Crippen molar-refractivity contribution in [1.29, 1.82) is 0 Å². The Kier molecular flexibility index (Phi) is 3.99. The molecule has 146 valence electrons. The third-order valence-electron chi connectivity index (χ3n) is 5.55. The number of H-pyrrole nitrogens is 1. The number of rotatable bonds is 4.